The normalized spacial score (nSPS) is 15.4. The Morgan fingerprint density at radius 2 is 1.32 bits per heavy atom. The zero-order chi connectivity index (χ0) is 26.6. The molecule has 0 bridgehead atoms. The molecule has 13 nitrogen and oxygen atoms in total. The summed E-state index contributed by atoms with van der Waals surface area (Å²) in [7, 11) is 0. The number of carbonyl (C=O) groups is 6. The molecule has 0 fully saturated rings. The van der Waals surface area contributed by atoms with Crippen LogP contribution in [0.5, 0.6) is 0 Å². The second kappa shape index (κ2) is 14.8. The average Bonchev–Trinajstić information content (AvgIpc) is 2.73. The van der Waals surface area contributed by atoms with Crippen LogP contribution in [0.15, 0.2) is 0 Å². The van der Waals surface area contributed by atoms with Gasteiger partial charge in [-0.2, -0.15) is 0 Å². The SMILES string of the molecule is CCC(C)C(N)C(=O)NC(CC(N)=O)C(=O)NC(CC(C)C)C(=O)NC(CCC(=O)O)C(=O)O. The van der Waals surface area contributed by atoms with Crippen molar-refractivity contribution in [3.8, 4) is 0 Å². The summed E-state index contributed by atoms with van der Waals surface area (Å²) in [6.45, 7) is 7.11. The minimum Gasteiger partial charge on any atom is -0.481 e. The van der Waals surface area contributed by atoms with E-state index in [-0.39, 0.29) is 24.7 Å². The third-order valence-electron chi connectivity index (χ3n) is 5.20. The smallest absolute Gasteiger partial charge is 0.326 e. The van der Waals surface area contributed by atoms with Gasteiger partial charge < -0.3 is 37.6 Å². The summed E-state index contributed by atoms with van der Waals surface area (Å²) in [6, 6.07) is -5.03. The number of carbonyl (C=O) groups excluding carboxylic acids is 4. The molecule has 34 heavy (non-hydrogen) atoms. The number of carboxylic acid groups (broad SMARTS) is 2. The second-order valence-corrected chi connectivity index (χ2v) is 8.67. The highest BCUT2D eigenvalue weighted by Gasteiger charge is 2.32. The van der Waals surface area contributed by atoms with Gasteiger partial charge in [0.1, 0.15) is 18.1 Å². The highest BCUT2D eigenvalue weighted by Crippen LogP contribution is 2.09. The molecule has 0 heterocycles. The number of hydrogen-bond donors (Lipinski definition) is 7. The van der Waals surface area contributed by atoms with Crippen molar-refractivity contribution >= 4 is 35.6 Å². The Bertz CT molecular complexity index is 757. The van der Waals surface area contributed by atoms with Crippen LogP contribution in [0.4, 0.5) is 0 Å². The fourth-order valence-electron chi connectivity index (χ4n) is 2.96. The average molecular weight is 488 g/mol. The first-order chi connectivity index (χ1) is 15.7. The van der Waals surface area contributed by atoms with Gasteiger partial charge in [0.15, 0.2) is 0 Å². The van der Waals surface area contributed by atoms with Crippen molar-refractivity contribution in [3.63, 3.8) is 0 Å². The van der Waals surface area contributed by atoms with E-state index in [0.29, 0.717) is 6.42 Å². The Kier molecular flexibility index (Phi) is 13.4. The first-order valence-electron chi connectivity index (χ1n) is 11.1. The minimum atomic E-state index is -1.48. The molecule has 9 N–H and O–H groups in total. The standard InChI is InChI=1S/C21H37N5O8/c1-5-11(4)17(23)20(32)26-14(9-15(22)27)19(31)25-13(8-10(2)3)18(30)24-12(21(33)34)6-7-16(28)29/h10-14,17H,5-9,23H2,1-4H3,(H2,22,27)(H,24,30)(H,25,31)(H,26,32)(H,28,29)(H,33,34). The van der Waals surface area contributed by atoms with Crippen LogP contribution in [0.1, 0.15) is 59.8 Å². The van der Waals surface area contributed by atoms with Crippen molar-refractivity contribution in [1.82, 2.24) is 16.0 Å². The Balaban J connectivity index is 5.56. The van der Waals surface area contributed by atoms with Gasteiger partial charge in [0, 0.05) is 6.42 Å². The lowest BCUT2D eigenvalue weighted by atomic mass is 9.98. The summed E-state index contributed by atoms with van der Waals surface area (Å²) < 4.78 is 0. The van der Waals surface area contributed by atoms with E-state index in [9.17, 15) is 33.9 Å². The van der Waals surface area contributed by atoms with Gasteiger partial charge >= 0.3 is 11.9 Å². The molecule has 0 saturated carbocycles. The van der Waals surface area contributed by atoms with Crippen LogP contribution >= 0.6 is 0 Å². The quantitative estimate of drug-likeness (QED) is 0.137. The molecular formula is C21H37N5O8. The van der Waals surface area contributed by atoms with E-state index < -0.39 is 72.6 Å². The van der Waals surface area contributed by atoms with Gasteiger partial charge in [-0.1, -0.05) is 34.1 Å². The van der Waals surface area contributed by atoms with Gasteiger partial charge in [-0.25, -0.2) is 4.79 Å². The third-order valence-corrected chi connectivity index (χ3v) is 5.20. The van der Waals surface area contributed by atoms with Crippen molar-refractivity contribution in [2.24, 2.45) is 23.3 Å². The Hall–Kier alpha value is -3.22. The Morgan fingerprint density at radius 3 is 1.76 bits per heavy atom. The molecule has 5 unspecified atom stereocenters. The summed E-state index contributed by atoms with van der Waals surface area (Å²) in [5.74, 6) is -6.23. The molecular weight excluding hydrogens is 450 g/mol. The predicted octanol–water partition coefficient (Wildman–Crippen LogP) is -1.31. The Morgan fingerprint density at radius 1 is 0.824 bits per heavy atom. The maximum Gasteiger partial charge on any atom is 0.326 e. The molecule has 0 spiro atoms. The van der Waals surface area contributed by atoms with Crippen molar-refractivity contribution in [2.75, 3.05) is 0 Å². The summed E-state index contributed by atoms with van der Waals surface area (Å²) in [4.78, 5) is 71.6. The number of hydrogen-bond acceptors (Lipinski definition) is 7. The van der Waals surface area contributed by atoms with Crippen molar-refractivity contribution < 1.29 is 39.0 Å². The molecule has 0 aromatic carbocycles. The molecule has 0 aliphatic heterocycles. The zero-order valence-electron chi connectivity index (χ0n) is 20.0. The highest BCUT2D eigenvalue weighted by molar-refractivity contribution is 5.96. The molecule has 13 heteroatoms. The van der Waals surface area contributed by atoms with Crippen molar-refractivity contribution in [2.45, 2.75) is 84.0 Å². The maximum absolute atomic E-state index is 12.9. The van der Waals surface area contributed by atoms with Crippen molar-refractivity contribution in [1.29, 1.82) is 0 Å². The van der Waals surface area contributed by atoms with Crippen LogP contribution in [-0.4, -0.2) is 69.9 Å². The van der Waals surface area contributed by atoms with Gasteiger partial charge in [0.05, 0.1) is 12.5 Å². The van der Waals surface area contributed by atoms with Gasteiger partial charge in [-0.15, -0.1) is 0 Å². The lowest BCUT2D eigenvalue weighted by Gasteiger charge is -2.26. The van der Waals surface area contributed by atoms with Gasteiger partial charge in [-0.05, 0) is 24.7 Å². The molecule has 0 aliphatic rings. The number of rotatable bonds is 16. The lowest BCUT2D eigenvalue weighted by molar-refractivity contribution is -0.143. The fraction of sp³-hybridized carbons (Fsp3) is 0.714. The molecule has 0 rings (SSSR count). The maximum atomic E-state index is 12.9. The monoisotopic (exact) mass is 487 g/mol. The van der Waals surface area contributed by atoms with E-state index in [4.69, 9.17) is 16.6 Å². The van der Waals surface area contributed by atoms with E-state index in [2.05, 4.69) is 16.0 Å². The molecule has 0 aromatic rings. The summed E-state index contributed by atoms with van der Waals surface area (Å²) in [5.41, 5.74) is 11.1. The number of amides is 4. The number of primary amides is 1. The van der Waals surface area contributed by atoms with E-state index >= 15 is 0 Å². The first-order valence-corrected chi connectivity index (χ1v) is 11.1. The number of aliphatic carboxylic acids is 2. The van der Waals surface area contributed by atoms with E-state index in [1.165, 1.54) is 0 Å². The van der Waals surface area contributed by atoms with Crippen LogP contribution in [0.2, 0.25) is 0 Å². The zero-order valence-corrected chi connectivity index (χ0v) is 20.0. The lowest BCUT2D eigenvalue weighted by Crippen LogP contribution is -2.58. The number of carboxylic acids is 2. The molecule has 5 atom stereocenters. The molecule has 194 valence electrons. The number of nitrogens with one attached hydrogen (secondary N) is 3. The summed E-state index contributed by atoms with van der Waals surface area (Å²) in [6.07, 6.45) is -0.678. The molecule has 0 radical (unpaired) electrons. The van der Waals surface area contributed by atoms with E-state index in [0.717, 1.165) is 0 Å². The predicted molar refractivity (Wildman–Crippen MR) is 121 cm³/mol. The van der Waals surface area contributed by atoms with Gasteiger partial charge in [-0.3, -0.25) is 24.0 Å². The van der Waals surface area contributed by atoms with Crippen LogP contribution in [-0.2, 0) is 28.8 Å². The van der Waals surface area contributed by atoms with Crippen LogP contribution in [0, 0.1) is 11.8 Å². The Labute approximate surface area is 198 Å². The second-order valence-electron chi connectivity index (χ2n) is 8.67. The topological polar surface area (TPSA) is 231 Å². The molecule has 4 amide bonds. The van der Waals surface area contributed by atoms with Gasteiger partial charge in [0.2, 0.25) is 23.6 Å². The summed E-state index contributed by atoms with van der Waals surface area (Å²) >= 11 is 0. The van der Waals surface area contributed by atoms with Crippen molar-refractivity contribution in [3.05, 3.63) is 0 Å². The van der Waals surface area contributed by atoms with Crippen LogP contribution in [0.3, 0.4) is 0 Å². The minimum absolute atomic E-state index is 0.104. The van der Waals surface area contributed by atoms with Gasteiger partial charge in [0.25, 0.3) is 0 Å². The van der Waals surface area contributed by atoms with Crippen LogP contribution in [0.25, 0.3) is 0 Å². The fourth-order valence-corrected chi connectivity index (χ4v) is 2.96. The third kappa shape index (κ3) is 11.6. The summed E-state index contributed by atoms with van der Waals surface area (Å²) in [5, 5.41) is 25.1. The molecule has 0 aromatic heterocycles. The number of nitrogens with two attached hydrogens (primary N) is 2. The van der Waals surface area contributed by atoms with E-state index in [1.807, 2.05) is 6.92 Å². The van der Waals surface area contributed by atoms with Crippen LogP contribution < -0.4 is 27.4 Å². The molecule has 0 saturated heterocycles. The first kappa shape index (κ1) is 30.8. The highest BCUT2D eigenvalue weighted by atomic mass is 16.4. The molecule has 0 aliphatic carbocycles. The van der Waals surface area contributed by atoms with E-state index in [1.54, 1.807) is 20.8 Å². The largest absolute Gasteiger partial charge is 0.481 e.